The minimum Gasteiger partial charge on any atom is -0.405 e. The minimum absolute atomic E-state index is 0.0598. The summed E-state index contributed by atoms with van der Waals surface area (Å²) in [5, 5.41) is 2.93. The second-order valence-corrected chi connectivity index (χ2v) is 4.28. The summed E-state index contributed by atoms with van der Waals surface area (Å²) < 4.78 is 31.0. The van der Waals surface area contributed by atoms with E-state index in [-0.39, 0.29) is 11.5 Å². The third kappa shape index (κ3) is 3.82. The number of hydrogen-bond donors (Lipinski definition) is 3. The van der Waals surface area contributed by atoms with Gasteiger partial charge in [0, 0.05) is 18.3 Å². The lowest BCUT2D eigenvalue weighted by atomic mass is 10.2. The molecular formula is C14H13F2N3O2. The third-order valence-electron chi connectivity index (χ3n) is 2.68. The average Bonchev–Trinajstić information content (AvgIpc) is 2.42. The molecule has 0 saturated carbocycles. The first-order valence-electron chi connectivity index (χ1n) is 6.00. The van der Waals surface area contributed by atoms with Gasteiger partial charge in [0.1, 0.15) is 5.82 Å². The fraction of sp³-hybridized carbons (Fsp3) is 0.0714. The Labute approximate surface area is 119 Å². The number of amides is 1. The first-order chi connectivity index (χ1) is 9.95. The lowest BCUT2D eigenvalue weighted by Crippen LogP contribution is -2.18. The number of nitrogens with two attached hydrogens (primary N) is 2. The zero-order valence-corrected chi connectivity index (χ0v) is 10.9. The number of primary amides is 1. The summed E-state index contributed by atoms with van der Waals surface area (Å²) in [4.78, 5) is 10.6. The SMILES string of the molecule is NC(=O)Oc1c(N)cc(NCc2ccc(F)cc2)cc1F. The fourth-order valence-corrected chi connectivity index (χ4v) is 1.73. The van der Waals surface area contributed by atoms with Crippen LogP contribution in [0.1, 0.15) is 5.56 Å². The van der Waals surface area contributed by atoms with Crippen molar-refractivity contribution in [1.29, 1.82) is 0 Å². The average molecular weight is 293 g/mol. The van der Waals surface area contributed by atoms with Gasteiger partial charge in [-0.2, -0.15) is 0 Å². The van der Waals surface area contributed by atoms with E-state index in [0.29, 0.717) is 12.2 Å². The van der Waals surface area contributed by atoms with E-state index in [0.717, 1.165) is 11.6 Å². The second-order valence-electron chi connectivity index (χ2n) is 4.28. The molecule has 2 aromatic carbocycles. The van der Waals surface area contributed by atoms with Crippen LogP contribution in [-0.2, 0) is 6.54 Å². The number of benzene rings is 2. The molecule has 0 radical (unpaired) electrons. The topological polar surface area (TPSA) is 90.4 Å². The number of nitrogens with one attached hydrogen (secondary N) is 1. The minimum atomic E-state index is -1.15. The van der Waals surface area contributed by atoms with E-state index < -0.39 is 17.7 Å². The summed E-state index contributed by atoms with van der Waals surface area (Å²) in [6.07, 6.45) is -1.15. The molecule has 0 fully saturated rings. The third-order valence-corrected chi connectivity index (χ3v) is 2.68. The monoisotopic (exact) mass is 293 g/mol. The standard InChI is InChI=1S/C14H13F2N3O2/c15-9-3-1-8(2-4-9)7-19-10-5-11(16)13(12(17)6-10)21-14(18)20/h1-6,19H,7,17H2,(H2,18,20). The predicted molar refractivity (Wildman–Crippen MR) is 74.8 cm³/mol. The van der Waals surface area contributed by atoms with E-state index in [1.807, 2.05) is 0 Å². The van der Waals surface area contributed by atoms with Gasteiger partial charge < -0.3 is 21.5 Å². The molecule has 0 aliphatic heterocycles. The van der Waals surface area contributed by atoms with Gasteiger partial charge in [0.2, 0.25) is 0 Å². The van der Waals surface area contributed by atoms with Crippen LogP contribution < -0.4 is 21.5 Å². The van der Waals surface area contributed by atoms with E-state index in [1.54, 1.807) is 12.1 Å². The Bertz CT molecular complexity index is 637. The molecule has 110 valence electrons. The Morgan fingerprint density at radius 1 is 1.19 bits per heavy atom. The number of carbonyl (C=O) groups is 1. The van der Waals surface area contributed by atoms with Gasteiger partial charge in [0.05, 0.1) is 5.69 Å². The van der Waals surface area contributed by atoms with Crippen LogP contribution >= 0.6 is 0 Å². The van der Waals surface area contributed by atoms with Crippen LogP contribution in [0.2, 0.25) is 0 Å². The van der Waals surface area contributed by atoms with Crippen LogP contribution in [0.4, 0.5) is 25.0 Å². The summed E-state index contributed by atoms with van der Waals surface area (Å²) >= 11 is 0. The summed E-state index contributed by atoms with van der Waals surface area (Å²) in [7, 11) is 0. The number of carbonyl (C=O) groups excluding carboxylic acids is 1. The van der Waals surface area contributed by atoms with Gasteiger partial charge in [-0.1, -0.05) is 12.1 Å². The van der Waals surface area contributed by atoms with Crippen molar-refractivity contribution in [2.45, 2.75) is 6.54 Å². The van der Waals surface area contributed by atoms with E-state index in [9.17, 15) is 13.6 Å². The van der Waals surface area contributed by atoms with Crippen LogP contribution in [0.5, 0.6) is 5.75 Å². The molecule has 5 N–H and O–H groups in total. The quantitative estimate of drug-likeness (QED) is 0.756. The van der Waals surface area contributed by atoms with Crippen LogP contribution in [0, 0.1) is 11.6 Å². The number of ether oxygens (including phenoxy) is 1. The van der Waals surface area contributed by atoms with Gasteiger partial charge in [0.25, 0.3) is 0 Å². The highest BCUT2D eigenvalue weighted by Crippen LogP contribution is 2.29. The largest absolute Gasteiger partial charge is 0.410 e. The molecule has 5 nitrogen and oxygen atoms in total. The maximum atomic E-state index is 13.7. The predicted octanol–water partition coefficient (Wildman–Crippen LogP) is 2.62. The van der Waals surface area contributed by atoms with Gasteiger partial charge in [-0.25, -0.2) is 13.6 Å². The highest BCUT2D eigenvalue weighted by Gasteiger charge is 2.12. The summed E-state index contributed by atoms with van der Waals surface area (Å²) in [6.45, 7) is 0.356. The number of rotatable bonds is 4. The van der Waals surface area contributed by atoms with Crippen molar-refractivity contribution in [2.24, 2.45) is 5.73 Å². The number of anilines is 2. The normalized spacial score (nSPS) is 10.2. The van der Waals surface area contributed by atoms with Crippen molar-refractivity contribution in [3.05, 3.63) is 53.6 Å². The maximum absolute atomic E-state index is 13.7. The Kier molecular flexibility index (Phi) is 4.22. The highest BCUT2D eigenvalue weighted by molar-refractivity contribution is 5.73. The molecule has 0 saturated heterocycles. The zero-order chi connectivity index (χ0) is 15.4. The lowest BCUT2D eigenvalue weighted by molar-refractivity contribution is 0.209. The molecule has 1 amide bonds. The molecule has 0 aliphatic carbocycles. The molecule has 0 aliphatic rings. The van der Waals surface area contributed by atoms with Gasteiger partial charge in [-0.15, -0.1) is 0 Å². The Balaban J connectivity index is 2.10. The molecule has 2 rings (SSSR count). The second kappa shape index (κ2) is 6.08. The van der Waals surface area contributed by atoms with E-state index in [2.05, 4.69) is 10.1 Å². The Morgan fingerprint density at radius 2 is 1.86 bits per heavy atom. The fourth-order valence-electron chi connectivity index (χ4n) is 1.73. The maximum Gasteiger partial charge on any atom is 0.410 e. The summed E-state index contributed by atoms with van der Waals surface area (Å²) in [6, 6.07) is 8.40. The van der Waals surface area contributed by atoms with Crippen molar-refractivity contribution < 1.29 is 18.3 Å². The van der Waals surface area contributed by atoms with E-state index in [4.69, 9.17) is 11.5 Å². The molecule has 0 spiro atoms. The van der Waals surface area contributed by atoms with Crippen LogP contribution in [0.3, 0.4) is 0 Å². The zero-order valence-electron chi connectivity index (χ0n) is 10.9. The molecule has 0 heterocycles. The molecule has 0 bridgehead atoms. The number of halogens is 2. The summed E-state index contributed by atoms with van der Waals surface area (Å²) in [5.41, 5.74) is 11.6. The number of hydrogen-bond acceptors (Lipinski definition) is 4. The molecule has 21 heavy (non-hydrogen) atoms. The van der Waals surface area contributed by atoms with Gasteiger partial charge in [0.15, 0.2) is 11.6 Å². The van der Waals surface area contributed by atoms with Crippen molar-refractivity contribution in [3.63, 3.8) is 0 Å². The van der Waals surface area contributed by atoms with Crippen LogP contribution in [0.15, 0.2) is 36.4 Å². The van der Waals surface area contributed by atoms with Crippen molar-refractivity contribution >= 4 is 17.5 Å². The first-order valence-corrected chi connectivity index (χ1v) is 6.00. The van der Waals surface area contributed by atoms with Crippen LogP contribution in [-0.4, -0.2) is 6.09 Å². The number of nitrogen functional groups attached to an aromatic ring is 1. The van der Waals surface area contributed by atoms with E-state index in [1.165, 1.54) is 18.2 Å². The smallest absolute Gasteiger partial charge is 0.405 e. The Hall–Kier alpha value is -2.83. The molecule has 7 heteroatoms. The van der Waals surface area contributed by atoms with Crippen molar-refractivity contribution in [2.75, 3.05) is 11.1 Å². The molecular weight excluding hydrogens is 280 g/mol. The molecule has 2 aromatic rings. The molecule has 0 aromatic heterocycles. The van der Waals surface area contributed by atoms with Gasteiger partial charge in [-0.3, -0.25) is 0 Å². The molecule has 0 atom stereocenters. The molecule has 0 unspecified atom stereocenters. The highest BCUT2D eigenvalue weighted by atomic mass is 19.1. The van der Waals surface area contributed by atoms with Gasteiger partial charge >= 0.3 is 6.09 Å². The van der Waals surface area contributed by atoms with Gasteiger partial charge in [-0.05, 0) is 23.8 Å². The van der Waals surface area contributed by atoms with E-state index >= 15 is 0 Å². The summed E-state index contributed by atoms with van der Waals surface area (Å²) in [5.74, 6) is -1.55. The Morgan fingerprint density at radius 3 is 2.43 bits per heavy atom. The van der Waals surface area contributed by atoms with Crippen molar-refractivity contribution in [3.8, 4) is 5.75 Å². The van der Waals surface area contributed by atoms with Crippen molar-refractivity contribution in [1.82, 2.24) is 0 Å². The van der Waals surface area contributed by atoms with Crippen LogP contribution in [0.25, 0.3) is 0 Å². The first kappa shape index (κ1) is 14.6. The lowest BCUT2D eigenvalue weighted by Gasteiger charge is -2.11.